The van der Waals surface area contributed by atoms with Crippen LogP contribution in [0.25, 0.3) is 0 Å². The molecule has 1 aromatic carbocycles. The van der Waals surface area contributed by atoms with Gasteiger partial charge < -0.3 is 15.0 Å². The largest absolute Gasteiger partial charge is 0.365 e. The van der Waals surface area contributed by atoms with Crippen molar-refractivity contribution in [3.63, 3.8) is 0 Å². The SMILES string of the molecule is O=C(CCc1cccs1)NCC1CN(c2ccc(Cl)cc2)C(=O)CO1. The van der Waals surface area contributed by atoms with E-state index >= 15 is 0 Å². The van der Waals surface area contributed by atoms with Crippen molar-refractivity contribution in [3.05, 3.63) is 51.7 Å². The zero-order valence-electron chi connectivity index (χ0n) is 13.6. The number of aryl methyl sites for hydroxylation is 1. The Hall–Kier alpha value is -1.89. The van der Waals surface area contributed by atoms with Gasteiger partial charge in [0.15, 0.2) is 0 Å². The fourth-order valence-electron chi connectivity index (χ4n) is 2.63. The van der Waals surface area contributed by atoms with E-state index in [9.17, 15) is 9.59 Å². The van der Waals surface area contributed by atoms with Crippen molar-refractivity contribution >= 4 is 40.4 Å². The van der Waals surface area contributed by atoms with Crippen LogP contribution in [-0.2, 0) is 20.7 Å². The predicted octanol–water partition coefficient (Wildman–Crippen LogP) is 2.88. The molecule has 7 heteroatoms. The third kappa shape index (κ3) is 5.04. The highest BCUT2D eigenvalue weighted by atomic mass is 35.5. The van der Waals surface area contributed by atoms with Gasteiger partial charge in [-0.05, 0) is 42.1 Å². The summed E-state index contributed by atoms with van der Waals surface area (Å²) in [6.45, 7) is 0.810. The number of benzene rings is 1. The molecule has 1 aliphatic heterocycles. The number of hydrogen-bond donors (Lipinski definition) is 1. The number of carbonyl (C=O) groups is 2. The van der Waals surface area contributed by atoms with Crippen molar-refractivity contribution in [1.82, 2.24) is 5.32 Å². The molecule has 1 aliphatic rings. The molecule has 25 heavy (non-hydrogen) atoms. The summed E-state index contributed by atoms with van der Waals surface area (Å²) in [5.41, 5.74) is 0.784. The maximum absolute atomic E-state index is 12.1. The van der Waals surface area contributed by atoms with Crippen LogP contribution in [-0.4, -0.2) is 37.6 Å². The zero-order chi connectivity index (χ0) is 17.6. The Morgan fingerprint density at radius 2 is 2.12 bits per heavy atom. The number of rotatable bonds is 6. The Morgan fingerprint density at radius 3 is 2.84 bits per heavy atom. The predicted molar refractivity (Wildman–Crippen MR) is 99.2 cm³/mol. The molecule has 132 valence electrons. The Labute approximate surface area is 155 Å². The standard InChI is InChI=1S/C18H19ClN2O3S/c19-13-3-5-14(6-4-13)21-11-15(24-12-18(21)23)10-20-17(22)8-7-16-2-1-9-25-16/h1-6,9,15H,7-8,10-12H2,(H,20,22). The van der Waals surface area contributed by atoms with Gasteiger partial charge in [0.2, 0.25) is 5.91 Å². The van der Waals surface area contributed by atoms with Crippen molar-refractivity contribution in [2.24, 2.45) is 0 Å². The number of hydrogen-bond acceptors (Lipinski definition) is 4. The first-order valence-corrected chi connectivity index (χ1v) is 9.34. The number of carbonyl (C=O) groups excluding carboxylic acids is 2. The van der Waals surface area contributed by atoms with E-state index < -0.39 is 0 Å². The second-order valence-electron chi connectivity index (χ2n) is 5.80. The van der Waals surface area contributed by atoms with E-state index in [1.165, 1.54) is 4.88 Å². The second kappa shape index (κ2) is 8.47. The van der Waals surface area contributed by atoms with Gasteiger partial charge in [0.05, 0.1) is 12.6 Å². The summed E-state index contributed by atoms with van der Waals surface area (Å²) in [7, 11) is 0. The summed E-state index contributed by atoms with van der Waals surface area (Å²) >= 11 is 7.54. The number of morpholine rings is 1. The molecule has 0 bridgehead atoms. The third-order valence-corrected chi connectivity index (χ3v) is 5.16. The Bertz CT molecular complexity index is 718. The van der Waals surface area contributed by atoms with Crippen molar-refractivity contribution in [1.29, 1.82) is 0 Å². The molecule has 0 spiro atoms. The quantitative estimate of drug-likeness (QED) is 0.840. The van der Waals surface area contributed by atoms with E-state index in [1.807, 2.05) is 29.6 Å². The molecule has 3 rings (SSSR count). The highest BCUT2D eigenvalue weighted by Crippen LogP contribution is 2.21. The number of halogens is 1. The topological polar surface area (TPSA) is 58.6 Å². The van der Waals surface area contributed by atoms with Crippen LogP contribution in [0.2, 0.25) is 5.02 Å². The molecule has 0 aliphatic carbocycles. The van der Waals surface area contributed by atoms with Crippen LogP contribution < -0.4 is 10.2 Å². The molecule has 2 amide bonds. The minimum atomic E-state index is -0.223. The van der Waals surface area contributed by atoms with Crippen molar-refractivity contribution in [2.75, 3.05) is 24.6 Å². The molecule has 1 saturated heterocycles. The van der Waals surface area contributed by atoms with Gasteiger partial charge >= 0.3 is 0 Å². The van der Waals surface area contributed by atoms with Crippen LogP contribution >= 0.6 is 22.9 Å². The van der Waals surface area contributed by atoms with E-state index in [0.29, 0.717) is 24.5 Å². The fraction of sp³-hybridized carbons (Fsp3) is 0.333. The Morgan fingerprint density at radius 1 is 1.32 bits per heavy atom. The first-order valence-electron chi connectivity index (χ1n) is 8.08. The summed E-state index contributed by atoms with van der Waals surface area (Å²) < 4.78 is 5.54. The Balaban J connectivity index is 1.48. The molecule has 1 N–H and O–H groups in total. The molecular weight excluding hydrogens is 360 g/mol. The van der Waals surface area contributed by atoms with Crippen LogP contribution in [0.4, 0.5) is 5.69 Å². The first-order chi connectivity index (χ1) is 12.1. The zero-order valence-corrected chi connectivity index (χ0v) is 15.2. The number of nitrogens with zero attached hydrogens (tertiary/aromatic N) is 1. The van der Waals surface area contributed by atoms with Crippen molar-refractivity contribution in [3.8, 4) is 0 Å². The number of ether oxygens (including phenoxy) is 1. The lowest BCUT2D eigenvalue weighted by molar-refractivity contribution is -0.129. The number of nitrogens with one attached hydrogen (secondary N) is 1. The average molecular weight is 379 g/mol. The van der Waals surface area contributed by atoms with Gasteiger partial charge in [-0.2, -0.15) is 0 Å². The summed E-state index contributed by atoms with van der Waals surface area (Å²) in [5.74, 6) is -0.102. The number of amides is 2. The maximum Gasteiger partial charge on any atom is 0.253 e. The van der Waals surface area contributed by atoms with Crippen LogP contribution in [0.3, 0.4) is 0 Å². The molecule has 5 nitrogen and oxygen atoms in total. The summed E-state index contributed by atoms with van der Waals surface area (Å²) in [6.07, 6.45) is 0.969. The van der Waals surface area contributed by atoms with Crippen molar-refractivity contribution in [2.45, 2.75) is 18.9 Å². The highest BCUT2D eigenvalue weighted by molar-refractivity contribution is 7.09. The van der Waals surface area contributed by atoms with Gasteiger partial charge in [-0.3, -0.25) is 9.59 Å². The number of anilines is 1. The molecule has 0 radical (unpaired) electrons. The highest BCUT2D eigenvalue weighted by Gasteiger charge is 2.27. The lowest BCUT2D eigenvalue weighted by Gasteiger charge is -2.32. The van der Waals surface area contributed by atoms with E-state index in [0.717, 1.165) is 12.1 Å². The molecule has 1 aromatic heterocycles. The minimum Gasteiger partial charge on any atom is -0.365 e. The maximum atomic E-state index is 12.1. The van der Waals surface area contributed by atoms with Gasteiger partial charge in [-0.1, -0.05) is 17.7 Å². The van der Waals surface area contributed by atoms with E-state index in [1.54, 1.807) is 28.4 Å². The second-order valence-corrected chi connectivity index (χ2v) is 7.27. The monoisotopic (exact) mass is 378 g/mol. The normalized spacial score (nSPS) is 17.6. The van der Waals surface area contributed by atoms with Crippen molar-refractivity contribution < 1.29 is 14.3 Å². The van der Waals surface area contributed by atoms with Crippen LogP contribution in [0.5, 0.6) is 0 Å². The third-order valence-electron chi connectivity index (χ3n) is 3.97. The number of thiophene rings is 1. The smallest absolute Gasteiger partial charge is 0.253 e. The lowest BCUT2D eigenvalue weighted by atomic mass is 10.2. The van der Waals surface area contributed by atoms with E-state index in [4.69, 9.17) is 16.3 Å². The molecule has 2 heterocycles. The Kier molecular flexibility index (Phi) is 6.07. The molecular formula is C18H19ClN2O3S. The van der Waals surface area contributed by atoms with Gasteiger partial charge in [0.25, 0.3) is 5.91 Å². The first kappa shape index (κ1) is 17.9. The van der Waals surface area contributed by atoms with Crippen LogP contribution in [0, 0.1) is 0 Å². The summed E-state index contributed by atoms with van der Waals surface area (Å²) in [6, 6.07) is 11.1. The van der Waals surface area contributed by atoms with Crippen LogP contribution in [0.15, 0.2) is 41.8 Å². The molecule has 2 aromatic rings. The van der Waals surface area contributed by atoms with Gasteiger partial charge in [-0.15, -0.1) is 11.3 Å². The lowest BCUT2D eigenvalue weighted by Crippen LogP contribution is -2.50. The minimum absolute atomic E-state index is 0.00746. The molecule has 1 unspecified atom stereocenters. The van der Waals surface area contributed by atoms with Gasteiger partial charge in [-0.25, -0.2) is 0 Å². The molecule has 0 saturated carbocycles. The molecule has 1 atom stereocenters. The molecule has 1 fully saturated rings. The van der Waals surface area contributed by atoms with E-state index in [2.05, 4.69) is 5.32 Å². The summed E-state index contributed by atoms with van der Waals surface area (Å²) in [4.78, 5) is 26.9. The van der Waals surface area contributed by atoms with E-state index in [-0.39, 0.29) is 24.5 Å². The fourth-order valence-corrected chi connectivity index (χ4v) is 3.46. The average Bonchev–Trinajstić information content (AvgIpc) is 3.14. The van der Waals surface area contributed by atoms with Gasteiger partial charge in [0.1, 0.15) is 6.61 Å². The van der Waals surface area contributed by atoms with Crippen LogP contribution in [0.1, 0.15) is 11.3 Å². The summed E-state index contributed by atoms with van der Waals surface area (Å²) in [5, 5.41) is 5.52. The van der Waals surface area contributed by atoms with Gasteiger partial charge in [0, 0.05) is 28.6 Å².